The molecule has 0 aliphatic heterocycles. The molecule has 0 bridgehead atoms. The maximum Gasteiger partial charge on any atom is 0.235 e. The van der Waals surface area contributed by atoms with Crippen LogP contribution < -0.4 is 4.74 Å². The van der Waals surface area contributed by atoms with Crippen LogP contribution in [0.5, 0.6) is 5.75 Å². The summed E-state index contributed by atoms with van der Waals surface area (Å²) < 4.78 is 5.43. The lowest BCUT2D eigenvalue weighted by Gasteiger charge is -2.19. The molecule has 0 unspecified atom stereocenters. The first-order valence-corrected chi connectivity index (χ1v) is 6.98. The molecule has 102 valence electrons. The van der Waals surface area contributed by atoms with Crippen molar-refractivity contribution in [2.24, 2.45) is 4.99 Å². The molecule has 1 aromatic rings. The highest BCUT2D eigenvalue weighted by atomic mass is 16.5. The van der Waals surface area contributed by atoms with Gasteiger partial charge in [-0.15, -0.1) is 0 Å². The van der Waals surface area contributed by atoms with E-state index in [1.165, 1.54) is 5.56 Å². The zero-order valence-corrected chi connectivity index (χ0v) is 11.9. The maximum atomic E-state index is 10.6. The van der Waals surface area contributed by atoms with Gasteiger partial charge in [0.05, 0.1) is 7.11 Å². The largest absolute Gasteiger partial charge is 0.496 e. The third-order valence-electron chi connectivity index (χ3n) is 4.17. The van der Waals surface area contributed by atoms with Crippen molar-refractivity contribution in [1.29, 1.82) is 0 Å². The van der Waals surface area contributed by atoms with Gasteiger partial charge in [-0.25, -0.2) is 4.79 Å². The van der Waals surface area contributed by atoms with Crippen molar-refractivity contribution in [2.45, 2.75) is 51.0 Å². The molecule has 0 N–H and O–H groups in total. The Hall–Kier alpha value is -1.60. The van der Waals surface area contributed by atoms with Crippen LogP contribution in [0.1, 0.15) is 56.6 Å². The van der Waals surface area contributed by atoms with Crippen LogP contribution in [-0.2, 0) is 10.3 Å². The van der Waals surface area contributed by atoms with Crippen molar-refractivity contribution >= 4 is 6.08 Å². The molecule has 0 aromatic heterocycles. The second kappa shape index (κ2) is 5.58. The Bertz CT molecular complexity index is 495. The molecule has 0 spiro atoms. The first kappa shape index (κ1) is 13.8. The zero-order chi connectivity index (χ0) is 13.9. The Kier molecular flexibility index (Phi) is 4.06. The Morgan fingerprint density at radius 2 is 2.05 bits per heavy atom. The quantitative estimate of drug-likeness (QED) is 0.573. The molecule has 1 fully saturated rings. The minimum Gasteiger partial charge on any atom is -0.496 e. The summed E-state index contributed by atoms with van der Waals surface area (Å²) in [6.07, 6.45) is 5.77. The van der Waals surface area contributed by atoms with Crippen LogP contribution in [0, 0.1) is 0 Å². The van der Waals surface area contributed by atoms with E-state index in [1.807, 2.05) is 6.07 Å². The van der Waals surface area contributed by atoms with E-state index in [4.69, 9.17) is 4.74 Å². The van der Waals surface area contributed by atoms with Crippen molar-refractivity contribution in [3.63, 3.8) is 0 Å². The predicted octanol–water partition coefficient (Wildman–Crippen LogP) is 3.92. The first-order chi connectivity index (χ1) is 9.20. The van der Waals surface area contributed by atoms with E-state index in [0.29, 0.717) is 5.92 Å². The number of rotatable bonds is 6. The molecule has 3 heteroatoms. The summed E-state index contributed by atoms with van der Waals surface area (Å²) in [5, 5.41) is 0. The fraction of sp³-hybridized carbons (Fsp3) is 0.562. The summed E-state index contributed by atoms with van der Waals surface area (Å²) in [5.41, 5.74) is 1.99. The maximum absolute atomic E-state index is 10.6. The summed E-state index contributed by atoms with van der Waals surface area (Å²) in [7, 11) is 1.66. The topological polar surface area (TPSA) is 38.7 Å². The number of aliphatic imine (C=N–C) groups is 1. The van der Waals surface area contributed by atoms with Gasteiger partial charge in [-0.2, -0.15) is 4.99 Å². The average Bonchev–Trinajstić information content (AvgIpc) is 3.21. The summed E-state index contributed by atoms with van der Waals surface area (Å²) >= 11 is 0. The van der Waals surface area contributed by atoms with Crippen molar-refractivity contribution in [3.05, 3.63) is 29.3 Å². The zero-order valence-electron chi connectivity index (χ0n) is 11.9. The standard InChI is InChI=1S/C16H21NO2/c1-4-12(5-2)13-6-7-15(19-3)14(10-13)16(8-9-16)17-11-18/h6-7,10,12H,4-5,8-9H2,1-3H3. The van der Waals surface area contributed by atoms with Gasteiger partial charge < -0.3 is 4.74 Å². The molecule has 0 heterocycles. The van der Waals surface area contributed by atoms with Gasteiger partial charge in [-0.1, -0.05) is 19.9 Å². The van der Waals surface area contributed by atoms with E-state index in [-0.39, 0.29) is 5.54 Å². The molecular formula is C16H21NO2. The van der Waals surface area contributed by atoms with Crippen LogP contribution in [0.2, 0.25) is 0 Å². The van der Waals surface area contributed by atoms with Crippen molar-refractivity contribution in [2.75, 3.05) is 7.11 Å². The van der Waals surface area contributed by atoms with Gasteiger partial charge in [-0.3, -0.25) is 0 Å². The highest BCUT2D eigenvalue weighted by molar-refractivity contribution is 5.49. The van der Waals surface area contributed by atoms with Gasteiger partial charge in [0.25, 0.3) is 0 Å². The van der Waals surface area contributed by atoms with Crippen molar-refractivity contribution < 1.29 is 9.53 Å². The van der Waals surface area contributed by atoms with Crippen LogP contribution >= 0.6 is 0 Å². The minimum atomic E-state index is -0.366. The molecule has 2 rings (SSSR count). The lowest BCUT2D eigenvalue weighted by Crippen LogP contribution is -2.07. The van der Waals surface area contributed by atoms with Gasteiger partial charge in [0.15, 0.2) is 0 Å². The van der Waals surface area contributed by atoms with E-state index < -0.39 is 0 Å². The van der Waals surface area contributed by atoms with E-state index in [1.54, 1.807) is 13.2 Å². The molecule has 1 aromatic carbocycles. The highest BCUT2D eigenvalue weighted by Crippen LogP contribution is 2.52. The number of hydrogen-bond donors (Lipinski definition) is 0. The highest BCUT2D eigenvalue weighted by Gasteiger charge is 2.47. The molecular weight excluding hydrogens is 238 g/mol. The number of ether oxygens (including phenoxy) is 1. The summed E-state index contributed by atoms with van der Waals surface area (Å²) in [6, 6.07) is 6.30. The third kappa shape index (κ3) is 2.57. The summed E-state index contributed by atoms with van der Waals surface area (Å²) in [4.78, 5) is 14.6. The number of carbonyl (C=O) groups excluding carboxylic acids is 1. The van der Waals surface area contributed by atoms with Gasteiger partial charge in [0.1, 0.15) is 11.3 Å². The molecule has 3 nitrogen and oxygen atoms in total. The first-order valence-electron chi connectivity index (χ1n) is 6.98. The third-order valence-corrected chi connectivity index (χ3v) is 4.17. The second-order valence-corrected chi connectivity index (χ2v) is 5.21. The fourth-order valence-corrected chi connectivity index (χ4v) is 2.75. The number of methoxy groups -OCH3 is 1. The van der Waals surface area contributed by atoms with Gasteiger partial charge in [0.2, 0.25) is 6.08 Å². The minimum absolute atomic E-state index is 0.366. The molecule has 1 aliphatic rings. The van der Waals surface area contributed by atoms with Crippen LogP contribution in [-0.4, -0.2) is 13.2 Å². The SMILES string of the molecule is CCC(CC)c1ccc(OC)c(C2(N=C=O)CC2)c1. The Labute approximate surface area is 114 Å². The predicted molar refractivity (Wildman–Crippen MR) is 75.4 cm³/mol. The molecule has 0 amide bonds. The van der Waals surface area contributed by atoms with Crippen LogP contribution in [0.4, 0.5) is 0 Å². The normalized spacial score (nSPS) is 16.0. The number of isocyanates is 1. The van der Waals surface area contributed by atoms with Crippen LogP contribution in [0.3, 0.4) is 0 Å². The lowest BCUT2D eigenvalue weighted by atomic mass is 9.90. The monoisotopic (exact) mass is 259 g/mol. The van der Waals surface area contributed by atoms with E-state index in [9.17, 15) is 4.79 Å². The number of benzene rings is 1. The van der Waals surface area contributed by atoms with Gasteiger partial charge >= 0.3 is 0 Å². The smallest absolute Gasteiger partial charge is 0.235 e. The molecule has 0 saturated heterocycles. The molecule has 1 aliphatic carbocycles. The Balaban J connectivity index is 2.46. The number of hydrogen-bond acceptors (Lipinski definition) is 3. The van der Waals surface area contributed by atoms with E-state index in [0.717, 1.165) is 37.0 Å². The summed E-state index contributed by atoms with van der Waals surface area (Å²) in [6.45, 7) is 4.41. The molecule has 1 saturated carbocycles. The van der Waals surface area contributed by atoms with Crippen molar-refractivity contribution in [1.82, 2.24) is 0 Å². The summed E-state index contributed by atoms with van der Waals surface area (Å²) in [5.74, 6) is 1.38. The van der Waals surface area contributed by atoms with E-state index in [2.05, 4.69) is 31.0 Å². The Morgan fingerprint density at radius 3 is 2.53 bits per heavy atom. The fourth-order valence-electron chi connectivity index (χ4n) is 2.75. The van der Waals surface area contributed by atoms with E-state index >= 15 is 0 Å². The molecule has 0 atom stereocenters. The van der Waals surface area contributed by atoms with Gasteiger partial charge in [0, 0.05) is 5.56 Å². The lowest BCUT2D eigenvalue weighted by molar-refractivity contribution is 0.404. The number of nitrogens with zero attached hydrogens (tertiary/aromatic N) is 1. The van der Waals surface area contributed by atoms with Gasteiger partial charge in [-0.05, 0) is 49.3 Å². The molecule has 0 radical (unpaired) electrons. The second-order valence-electron chi connectivity index (χ2n) is 5.21. The molecule has 19 heavy (non-hydrogen) atoms. The average molecular weight is 259 g/mol. The van der Waals surface area contributed by atoms with Crippen molar-refractivity contribution in [3.8, 4) is 5.75 Å². The van der Waals surface area contributed by atoms with Crippen LogP contribution in [0.25, 0.3) is 0 Å². The Morgan fingerprint density at radius 1 is 1.37 bits per heavy atom. The van der Waals surface area contributed by atoms with Crippen LogP contribution in [0.15, 0.2) is 23.2 Å².